The normalized spacial score (nSPS) is 11.9. The lowest BCUT2D eigenvalue weighted by atomic mass is 10.2. The van der Waals surface area contributed by atoms with Gasteiger partial charge in [0.05, 0.1) is 17.3 Å². The van der Waals surface area contributed by atoms with Gasteiger partial charge in [-0.25, -0.2) is 4.98 Å². The Labute approximate surface area is 103 Å². The van der Waals surface area contributed by atoms with Crippen LogP contribution in [-0.2, 0) is 0 Å². The van der Waals surface area contributed by atoms with E-state index in [9.17, 15) is 4.79 Å². The summed E-state index contributed by atoms with van der Waals surface area (Å²) in [5, 5.41) is 9.18. The van der Waals surface area contributed by atoms with Gasteiger partial charge in [-0.15, -0.1) is 0 Å². The zero-order valence-corrected chi connectivity index (χ0v) is 9.71. The van der Waals surface area contributed by atoms with Crippen molar-refractivity contribution in [1.29, 1.82) is 0 Å². The predicted molar refractivity (Wildman–Crippen MR) is 64.3 cm³/mol. The third-order valence-electron chi connectivity index (χ3n) is 2.41. The maximum Gasteiger partial charge on any atom is 0.255 e. The van der Waals surface area contributed by atoms with E-state index in [0.29, 0.717) is 17.1 Å². The summed E-state index contributed by atoms with van der Waals surface area (Å²) >= 11 is 0. The minimum atomic E-state index is -0.292. The number of hydrogen-bond acceptors (Lipinski definition) is 6. The summed E-state index contributed by atoms with van der Waals surface area (Å²) in [7, 11) is 0. The van der Waals surface area contributed by atoms with Gasteiger partial charge in [-0.2, -0.15) is 5.10 Å². The number of nitrogens with one attached hydrogen (secondary N) is 3. The standard InChI is InChI=1S/C10H13N7O/c1-6(9-13-5-14-17-9)15-10(18)7-4-12-3-2-8(7)16-11/h2-6H,11H2,1H3,(H,12,16)(H,15,18)(H,13,14,17). The van der Waals surface area contributed by atoms with Gasteiger partial charge in [-0.3, -0.25) is 20.7 Å². The van der Waals surface area contributed by atoms with Crippen molar-refractivity contribution in [2.75, 3.05) is 5.43 Å². The number of amides is 1. The first-order valence-electron chi connectivity index (χ1n) is 5.29. The number of aromatic nitrogens is 4. The molecule has 0 aliphatic carbocycles. The van der Waals surface area contributed by atoms with Crippen LogP contribution in [0, 0.1) is 0 Å². The Morgan fingerprint density at radius 3 is 3.06 bits per heavy atom. The molecule has 2 heterocycles. The lowest BCUT2D eigenvalue weighted by molar-refractivity contribution is 0.0939. The maximum atomic E-state index is 12.0. The Hall–Kier alpha value is -2.48. The van der Waals surface area contributed by atoms with Crippen molar-refractivity contribution in [1.82, 2.24) is 25.5 Å². The zero-order chi connectivity index (χ0) is 13.0. The van der Waals surface area contributed by atoms with Gasteiger partial charge in [0.2, 0.25) is 0 Å². The second kappa shape index (κ2) is 5.23. The van der Waals surface area contributed by atoms with Crippen molar-refractivity contribution in [3.63, 3.8) is 0 Å². The molecule has 0 bridgehead atoms. The van der Waals surface area contributed by atoms with E-state index in [2.05, 4.69) is 30.9 Å². The van der Waals surface area contributed by atoms with Gasteiger partial charge in [0.25, 0.3) is 5.91 Å². The monoisotopic (exact) mass is 247 g/mol. The molecule has 8 heteroatoms. The number of carbonyl (C=O) groups is 1. The highest BCUT2D eigenvalue weighted by Gasteiger charge is 2.16. The largest absolute Gasteiger partial charge is 0.342 e. The number of hydrazine groups is 1. The Morgan fingerprint density at radius 1 is 1.56 bits per heavy atom. The van der Waals surface area contributed by atoms with Crippen molar-refractivity contribution in [2.24, 2.45) is 5.84 Å². The number of anilines is 1. The lowest BCUT2D eigenvalue weighted by Crippen LogP contribution is -2.28. The number of aromatic amines is 1. The van der Waals surface area contributed by atoms with Crippen LogP contribution < -0.4 is 16.6 Å². The Kier molecular flexibility index (Phi) is 3.49. The van der Waals surface area contributed by atoms with Gasteiger partial charge < -0.3 is 10.7 Å². The summed E-state index contributed by atoms with van der Waals surface area (Å²) in [5.74, 6) is 5.61. The molecule has 0 saturated carbocycles. The van der Waals surface area contributed by atoms with Gasteiger partial charge in [0, 0.05) is 12.4 Å². The zero-order valence-electron chi connectivity index (χ0n) is 9.71. The minimum absolute atomic E-state index is 0.286. The van der Waals surface area contributed by atoms with Crippen LogP contribution in [0.5, 0.6) is 0 Å². The topological polar surface area (TPSA) is 122 Å². The number of rotatable bonds is 4. The van der Waals surface area contributed by atoms with Crippen molar-refractivity contribution in [2.45, 2.75) is 13.0 Å². The van der Waals surface area contributed by atoms with Crippen LogP contribution in [0.15, 0.2) is 24.8 Å². The molecular formula is C10H13N7O. The molecule has 0 aromatic carbocycles. The molecule has 2 aromatic rings. The van der Waals surface area contributed by atoms with Crippen molar-refractivity contribution < 1.29 is 4.79 Å². The fraction of sp³-hybridized carbons (Fsp3) is 0.200. The van der Waals surface area contributed by atoms with E-state index < -0.39 is 0 Å². The van der Waals surface area contributed by atoms with Crippen LogP contribution in [-0.4, -0.2) is 26.1 Å². The average molecular weight is 247 g/mol. The van der Waals surface area contributed by atoms with Crippen LogP contribution in [0.3, 0.4) is 0 Å². The number of hydrogen-bond donors (Lipinski definition) is 4. The highest BCUT2D eigenvalue weighted by Crippen LogP contribution is 2.13. The van der Waals surface area contributed by atoms with E-state index in [1.54, 1.807) is 19.2 Å². The van der Waals surface area contributed by atoms with Crippen LogP contribution >= 0.6 is 0 Å². The molecule has 1 unspecified atom stereocenters. The predicted octanol–water partition coefficient (Wildman–Crippen LogP) is -0.0237. The average Bonchev–Trinajstić information content (AvgIpc) is 2.92. The Bertz CT molecular complexity index is 525. The molecule has 1 atom stereocenters. The molecule has 0 radical (unpaired) electrons. The van der Waals surface area contributed by atoms with E-state index in [1.165, 1.54) is 12.5 Å². The SMILES string of the molecule is CC(NC(=O)c1cnccc1NN)c1ncn[nH]1. The number of carbonyl (C=O) groups excluding carboxylic acids is 1. The summed E-state index contributed by atoms with van der Waals surface area (Å²) in [6.07, 6.45) is 4.37. The first-order valence-corrected chi connectivity index (χ1v) is 5.29. The molecule has 2 aromatic heterocycles. The molecule has 1 amide bonds. The van der Waals surface area contributed by atoms with Gasteiger partial charge >= 0.3 is 0 Å². The van der Waals surface area contributed by atoms with Crippen molar-refractivity contribution in [3.8, 4) is 0 Å². The first kappa shape index (κ1) is 12.0. The van der Waals surface area contributed by atoms with E-state index in [-0.39, 0.29) is 11.9 Å². The summed E-state index contributed by atoms with van der Waals surface area (Å²) in [6.45, 7) is 1.80. The van der Waals surface area contributed by atoms with E-state index in [4.69, 9.17) is 5.84 Å². The van der Waals surface area contributed by atoms with E-state index in [0.717, 1.165) is 0 Å². The number of nitrogens with zero attached hydrogens (tertiary/aromatic N) is 3. The molecular weight excluding hydrogens is 234 g/mol. The third-order valence-corrected chi connectivity index (χ3v) is 2.41. The van der Waals surface area contributed by atoms with Gasteiger partial charge in [0.1, 0.15) is 12.2 Å². The fourth-order valence-electron chi connectivity index (χ4n) is 1.47. The van der Waals surface area contributed by atoms with E-state index in [1.807, 2.05) is 0 Å². The highest BCUT2D eigenvalue weighted by atomic mass is 16.1. The molecule has 94 valence electrons. The first-order chi connectivity index (χ1) is 8.72. The number of nitrogen functional groups attached to an aromatic ring is 1. The molecule has 18 heavy (non-hydrogen) atoms. The number of H-pyrrole nitrogens is 1. The maximum absolute atomic E-state index is 12.0. The molecule has 0 aliphatic rings. The summed E-state index contributed by atoms with van der Waals surface area (Å²) < 4.78 is 0. The summed E-state index contributed by atoms with van der Waals surface area (Å²) in [4.78, 5) is 19.9. The second-order valence-electron chi connectivity index (χ2n) is 3.63. The lowest BCUT2D eigenvalue weighted by Gasteiger charge is -2.12. The van der Waals surface area contributed by atoms with Crippen LogP contribution in [0.2, 0.25) is 0 Å². The van der Waals surface area contributed by atoms with Gasteiger partial charge in [-0.05, 0) is 13.0 Å². The number of nitrogens with two attached hydrogens (primary N) is 1. The highest BCUT2D eigenvalue weighted by molar-refractivity contribution is 5.99. The molecule has 0 saturated heterocycles. The van der Waals surface area contributed by atoms with Crippen LogP contribution in [0.25, 0.3) is 0 Å². The molecule has 0 spiro atoms. The van der Waals surface area contributed by atoms with Gasteiger partial charge in [-0.1, -0.05) is 0 Å². The Morgan fingerprint density at radius 2 is 2.39 bits per heavy atom. The van der Waals surface area contributed by atoms with Crippen LogP contribution in [0.1, 0.15) is 29.1 Å². The Balaban J connectivity index is 2.12. The molecule has 0 fully saturated rings. The van der Waals surface area contributed by atoms with Gasteiger partial charge in [0.15, 0.2) is 0 Å². The van der Waals surface area contributed by atoms with Crippen molar-refractivity contribution >= 4 is 11.6 Å². The van der Waals surface area contributed by atoms with Crippen molar-refractivity contribution in [3.05, 3.63) is 36.2 Å². The van der Waals surface area contributed by atoms with Crippen LogP contribution in [0.4, 0.5) is 5.69 Å². The third kappa shape index (κ3) is 2.43. The molecule has 0 aliphatic heterocycles. The fourth-order valence-corrected chi connectivity index (χ4v) is 1.47. The summed E-state index contributed by atoms with van der Waals surface area (Å²) in [5.41, 5.74) is 3.32. The molecule has 8 nitrogen and oxygen atoms in total. The molecule has 5 N–H and O–H groups in total. The van der Waals surface area contributed by atoms with E-state index >= 15 is 0 Å². The molecule has 2 rings (SSSR count). The minimum Gasteiger partial charge on any atom is -0.342 e. The summed E-state index contributed by atoms with van der Waals surface area (Å²) in [6, 6.07) is 1.33. The smallest absolute Gasteiger partial charge is 0.255 e. The number of pyridine rings is 1. The second-order valence-corrected chi connectivity index (χ2v) is 3.63. The quantitative estimate of drug-likeness (QED) is 0.445.